The van der Waals surface area contributed by atoms with Crippen LogP contribution in [0.5, 0.6) is 11.5 Å². The Morgan fingerprint density at radius 1 is 1.37 bits per heavy atom. The van der Waals surface area contributed by atoms with Gasteiger partial charge in [0.25, 0.3) is 0 Å². The molecule has 0 saturated heterocycles. The van der Waals surface area contributed by atoms with Crippen LogP contribution in [0.15, 0.2) is 18.3 Å². The zero-order valence-corrected chi connectivity index (χ0v) is 10.8. The van der Waals surface area contributed by atoms with E-state index in [1.54, 1.807) is 20.4 Å². The zero-order valence-electron chi connectivity index (χ0n) is 10.8. The average Bonchev–Trinajstić information content (AvgIpc) is 2.79. The van der Waals surface area contributed by atoms with Crippen LogP contribution in [0.25, 0.3) is 10.9 Å². The van der Waals surface area contributed by atoms with Gasteiger partial charge >= 0.3 is 5.97 Å². The highest BCUT2D eigenvalue weighted by atomic mass is 16.5. The van der Waals surface area contributed by atoms with Crippen molar-refractivity contribution in [2.24, 2.45) is 5.73 Å². The first-order chi connectivity index (χ1) is 9.06. The first-order valence-corrected chi connectivity index (χ1v) is 5.77. The van der Waals surface area contributed by atoms with E-state index < -0.39 is 12.0 Å². The number of carboxylic acids is 1. The lowest BCUT2D eigenvalue weighted by molar-refractivity contribution is -0.138. The van der Waals surface area contributed by atoms with Crippen molar-refractivity contribution in [3.8, 4) is 11.5 Å². The number of nitrogens with two attached hydrogens (primary N) is 1. The molecule has 0 aliphatic rings. The number of aliphatic carboxylic acids is 1. The highest BCUT2D eigenvalue weighted by Crippen LogP contribution is 2.33. The second kappa shape index (κ2) is 5.19. The molecule has 1 aromatic carbocycles. The van der Waals surface area contributed by atoms with Crippen LogP contribution in [0.1, 0.15) is 5.56 Å². The summed E-state index contributed by atoms with van der Waals surface area (Å²) in [6, 6.07) is 2.70. The Balaban J connectivity index is 2.44. The third-order valence-electron chi connectivity index (χ3n) is 3.03. The van der Waals surface area contributed by atoms with E-state index in [2.05, 4.69) is 4.98 Å². The number of fused-ring (bicyclic) bond motifs is 1. The van der Waals surface area contributed by atoms with Gasteiger partial charge in [0.2, 0.25) is 0 Å². The standard InChI is InChI=1S/C13H16N2O4/c1-18-11-4-8-7(3-9(14)13(16)17)6-15-10(8)5-12(11)19-2/h4-6,9,15H,3,14H2,1-2H3,(H,16,17). The molecule has 19 heavy (non-hydrogen) atoms. The maximum absolute atomic E-state index is 10.8. The van der Waals surface area contributed by atoms with Crippen molar-refractivity contribution in [3.63, 3.8) is 0 Å². The summed E-state index contributed by atoms with van der Waals surface area (Å²) in [7, 11) is 3.12. The van der Waals surface area contributed by atoms with Crippen LogP contribution in [0, 0.1) is 0 Å². The Kier molecular flexibility index (Phi) is 3.62. The van der Waals surface area contributed by atoms with Crippen LogP contribution in [-0.4, -0.2) is 36.3 Å². The second-order valence-electron chi connectivity index (χ2n) is 4.22. The molecule has 0 amide bonds. The maximum Gasteiger partial charge on any atom is 0.320 e. The number of carboxylic acid groups (broad SMARTS) is 1. The molecule has 0 bridgehead atoms. The lowest BCUT2D eigenvalue weighted by Gasteiger charge is -2.09. The van der Waals surface area contributed by atoms with Gasteiger partial charge in [-0.1, -0.05) is 0 Å². The fourth-order valence-electron chi connectivity index (χ4n) is 2.00. The van der Waals surface area contributed by atoms with E-state index in [-0.39, 0.29) is 6.42 Å². The van der Waals surface area contributed by atoms with Crippen molar-refractivity contribution in [2.45, 2.75) is 12.5 Å². The van der Waals surface area contributed by atoms with E-state index in [0.29, 0.717) is 11.5 Å². The fourth-order valence-corrected chi connectivity index (χ4v) is 2.00. The van der Waals surface area contributed by atoms with Gasteiger partial charge in [0.1, 0.15) is 6.04 Å². The topological polar surface area (TPSA) is 97.6 Å². The number of hydrogen-bond donors (Lipinski definition) is 3. The van der Waals surface area contributed by atoms with Crippen molar-refractivity contribution in [1.29, 1.82) is 0 Å². The molecule has 0 saturated carbocycles. The van der Waals surface area contributed by atoms with Gasteiger partial charge in [0, 0.05) is 29.6 Å². The molecular weight excluding hydrogens is 248 g/mol. The van der Waals surface area contributed by atoms with Gasteiger partial charge in [-0.15, -0.1) is 0 Å². The number of aromatic amines is 1. The number of methoxy groups -OCH3 is 2. The Bertz CT molecular complexity index is 606. The highest BCUT2D eigenvalue weighted by molar-refractivity contribution is 5.87. The van der Waals surface area contributed by atoms with Gasteiger partial charge in [-0.2, -0.15) is 0 Å². The van der Waals surface area contributed by atoms with Crippen LogP contribution in [0.2, 0.25) is 0 Å². The molecule has 1 atom stereocenters. The van der Waals surface area contributed by atoms with Crippen LogP contribution >= 0.6 is 0 Å². The summed E-state index contributed by atoms with van der Waals surface area (Å²) < 4.78 is 10.4. The molecule has 6 nitrogen and oxygen atoms in total. The van der Waals surface area contributed by atoms with E-state index >= 15 is 0 Å². The number of rotatable bonds is 5. The molecular formula is C13H16N2O4. The smallest absolute Gasteiger partial charge is 0.320 e. The third-order valence-corrected chi connectivity index (χ3v) is 3.03. The SMILES string of the molecule is COc1cc2[nH]cc(CC(N)C(=O)O)c2cc1OC. The van der Waals surface area contributed by atoms with Crippen LogP contribution in [-0.2, 0) is 11.2 Å². The molecule has 1 aromatic heterocycles. The molecule has 2 aromatic rings. The van der Waals surface area contributed by atoms with E-state index in [1.807, 2.05) is 12.1 Å². The third kappa shape index (κ3) is 2.48. The van der Waals surface area contributed by atoms with E-state index in [0.717, 1.165) is 16.5 Å². The summed E-state index contributed by atoms with van der Waals surface area (Å²) >= 11 is 0. The predicted molar refractivity (Wildman–Crippen MR) is 70.7 cm³/mol. The monoisotopic (exact) mass is 264 g/mol. The number of hydrogen-bond acceptors (Lipinski definition) is 4. The number of ether oxygens (including phenoxy) is 2. The molecule has 1 unspecified atom stereocenters. The number of H-pyrrole nitrogens is 1. The lowest BCUT2D eigenvalue weighted by Crippen LogP contribution is -2.32. The summed E-state index contributed by atoms with van der Waals surface area (Å²) in [5.74, 6) is 0.195. The lowest BCUT2D eigenvalue weighted by atomic mass is 10.1. The van der Waals surface area contributed by atoms with Gasteiger partial charge in [0.05, 0.1) is 14.2 Å². The minimum atomic E-state index is -1.02. The molecule has 0 aliphatic carbocycles. The highest BCUT2D eigenvalue weighted by Gasteiger charge is 2.16. The molecule has 6 heteroatoms. The molecule has 102 valence electrons. The van der Waals surface area contributed by atoms with E-state index in [4.69, 9.17) is 20.3 Å². The molecule has 0 fully saturated rings. The summed E-state index contributed by atoms with van der Waals surface area (Å²) in [5.41, 5.74) is 7.25. The Morgan fingerprint density at radius 3 is 2.58 bits per heavy atom. The normalized spacial score (nSPS) is 12.4. The van der Waals surface area contributed by atoms with E-state index in [9.17, 15) is 4.79 Å². The summed E-state index contributed by atoms with van der Waals surface area (Å²) in [4.78, 5) is 13.9. The van der Waals surface area contributed by atoms with Crippen LogP contribution in [0.3, 0.4) is 0 Å². The number of aromatic nitrogens is 1. The molecule has 0 spiro atoms. The Morgan fingerprint density at radius 2 is 2.00 bits per heavy atom. The average molecular weight is 264 g/mol. The molecule has 4 N–H and O–H groups in total. The zero-order chi connectivity index (χ0) is 14.0. The Hall–Kier alpha value is -2.21. The minimum absolute atomic E-state index is 0.255. The van der Waals surface area contributed by atoms with E-state index in [1.165, 1.54) is 0 Å². The first kappa shape index (κ1) is 13.2. The number of benzene rings is 1. The number of nitrogens with one attached hydrogen (secondary N) is 1. The first-order valence-electron chi connectivity index (χ1n) is 5.77. The van der Waals surface area contributed by atoms with Gasteiger partial charge in [-0.25, -0.2) is 0 Å². The Labute approximate surface area is 110 Å². The summed E-state index contributed by atoms with van der Waals surface area (Å²) in [5, 5.41) is 9.74. The van der Waals surface area contributed by atoms with Gasteiger partial charge < -0.3 is 25.3 Å². The maximum atomic E-state index is 10.8. The van der Waals surface area contributed by atoms with Crippen molar-refractivity contribution < 1.29 is 19.4 Å². The summed E-state index contributed by atoms with van der Waals surface area (Å²) in [6.07, 6.45) is 2.01. The fraction of sp³-hybridized carbons (Fsp3) is 0.308. The van der Waals surface area contributed by atoms with Crippen LogP contribution < -0.4 is 15.2 Å². The second-order valence-corrected chi connectivity index (χ2v) is 4.22. The largest absolute Gasteiger partial charge is 0.493 e. The quantitative estimate of drug-likeness (QED) is 0.752. The van der Waals surface area contributed by atoms with Gasteiger partial charge in [-0.05, 0) is 11.6 Å². The molecule has 0 aliphatic heterocycles. The predicted octanol–water partition coefficient (Wildman–Crippen LogP) is 1.14. The minimum Gasteiger partial charge on any atom is -0.493 e. The van der Waals surface area contributed by atoms with Gasteiger partial charge in [0.15, 0.2) is 11.5 Å². The van der Waals surface area contributed by atoms with Crippen molar-refractivity contribution in [1.82, 2.24) is 4.98 Å². The number of carbonyl (C=O) groups is 1. The molecule has 2 rings (SSSR count). The summed E-state index contributed by atoms with van der Waals surface area (Å²) in [6.45, 7) is 0. The van der Waals surface area contributed by atoms with Crippen LogP contribution in [0.4, 0.5) is 0 Å². The molecule has 0 radical (unpaired) electrons. The molecule has 1 heterocycles. The van der Waals surface area contributed by atoms with Gasteiger partial charge in [-0.3, -0.25) is 4.79 Å². The van der Waals surface area contributed by atoms with Crippen molar-refractivity contribution in [2.75, 3.05) is 14.2 Å². The van der Waals surface area contributed by atoms with Crippen molar-refractivity contribution >= 4 is 16.9 Å². The van der Waals surface area contributed by atoms with Crippen molar-refractivity contribution in [3.05, 3.63) is 23.9 Å².